The van der Waals surface area contributed by atoms with Crippen LogP contribution in [0.2, 0.25) is 0 Å². The van der Waals surface area contributed by atoms with Gasteiger partial charge in [0.05, 0.1) is 5.69 Å². The highest BCUT2D eigenvalue weighted by atomic mass is 16.2. The molecule has 1 spiro atoms. The normalized spacial score (nSPS) is 22.2. The fourth-order valence-corrected chi connectivity index (χ4v) is 4.19. The minimum atomic E-state index is -0.200. The maximum absolute atomic E-state index is 12.8. The first-order chi connectivity index (χ1) is 12.0. The highest BCUT2D eigenvalue weighted by Gasteiger charge is 2.45. The van der Waals surface area contributed by atoms with E-state index in [2.05, 4.69) is 9.97 Å². The van der Waals surface area contributed by atoms with Crippen molar-refractivity contribution in [1.29, 1.82) is 0 Å². The molecule has 0 radical (unpaired) electrons. The number of anilines is 1. The molecule has 2 aromatic heterocycles. The molecule has 4 rings (SSSR count). The molecular weight excluding hydrogens is 318 g/mol. The minimum Gasteiger partial charge on any atom is -0.357 e. The van der Waals surface area contributed by atoms with Crippen LogP contribution in [-0.2, 0) is 11.8 Å². The summed E-state index contributed by atoms with van der Waals surface area (Å²) in [5.41, 5.74) is 2.06. The average molecular weight is 341 g/mol. The molecule has 7 heteroatoms. The van der Waals surface area contributed by atoms with Crippen molar-refractivity contribution in [3.63, 3.8) is 0 Å². The summed E-state index contributed by atoms with van der Waals surface area (Å²) < 4.78 is 0. The van der Waals surface area contributed by atoms with Gasteiger partial charge in [-0.25, -0.2) is 4.98 Å². The van der Waals surface area contributed by atoms with Crippen LogP contribution < -0.4 is 10.5 Å². The van der Waals surface area contributed by atoms with Gasteiger partial charge in [-0.15, -0.1) is 0 Å². The largest absolute Gasteiger partial charge is 0.357 e. The van der Waals surface area contributed by atoms with E-state index in [1.807, 2.05) is 30.0 Å². The van der Waals surface area contributed by atoms with Crippen LogP contribution in [0, 0.1) is 0 Å². The van der Waals surface area contributed by atoms with Crippen LogP contribution in [0.1, 0.15) is 41.0 Å². The number of piperidine rings is 1. The number of H-pyrrole nitrogens is 2. The van der Waals surface area contributed by atoms with Crippen LogP contribution in [0.25, 0.3) is 0 Å². The second-order valence-electron chi connectivity index (χ2n) is 7.31. The number of carbonyl (C=O) groups excluding carboxylic acids is 1. The maximum Gasteiger partial charge on any atom is 0.270 e. The molecule has 25 heavy (non-hydrogen) atoms. The van der Waals surface area contributed by atoms with Crippen LogP contribution in [0.5, 0.6) is 0 Å². The molecule has 132 valence electrons. The highest BCUT2D eigenvalue weighted by molar-refractivity contribution is 5.92. The van der Waals surface area contributed by atoms with Gasteiger partial charge in [0.2, 0.25) is 5.95 Å². The van der Waals surface area contributed by atoms with Gasteiger partial charge in [-0.05, 0) is 37.8 Å². The molecule has 1 amide bonds. The Morgan fingerprint density at radius 3 is 2.92 bits per heavy atom. The van der Waals surface area contributed by atoms with Gasteiger partial charge >= 0.3 is 0 Å². The summed E-state index contributed by atoms with van der Waals surface area (Å²) in [6.45, 7) is 1.37. The van der Waals surface area contributed by atoms with E-state index in [4.69, 9.17) is 4.98 Å². The second-order valence-corrected chi connectivity index (χ2v) is 7.31. The van der Waals surface area contributed by atoms with Crippen molar-refractivity contribution in [1.82, 2.24) is 19.9 Å². The van der Waals surface area contributed by atoms with Crippen molar-refractivity contribution in [3.05, 3.63) is 45.6 Å². The van der Waals surface area contributed by atoms with Gasteiger partial charge < -0.3 is 14.8 Å². The first-order valence-corrected chi connectivity index (χ1v) is 8.74. The summed E-state index contributed by atoms with van der Waals surface area (Å²) in [4.78, 5) is 39.6. The van der Waals surface area contributed by atoms with Crippen molar-refractivity contribution in [2.75, 3.05) is 32.1 Å². The molecule has 1 aliphatic carbocycles. The predicted molar refractivity (Wildman–Crippen MR) is 95.1 cm³/mol. The fourth-order valence-electron chi connectivity index (χ4n) is 4.19. The average Bonchev–Trinajstić information content (AvgIpc) is 3.24. The van der Waals surface area contributed by atoms with Crippen molar-refractivity contribution in [3.8, 4) is 0 Å². The number of carbonyl (C=O) groups is 1. The molecule has 1 saturated heterocycles. The van der Waals surface area contributed by atoms with Crippen LogP contribution in [0.15, 0.2) is 23.1 Å². The van der Waals surface area contributed by atoms with Crippen LogP contribution in [0.4, 0.5) is 5.95 Å². The standard InChI is InChI=1S/C18H23N5O2/c1-22(2)17-20-14-12(15(24)21-17)6-8-18(14)7-4-10-23(11-18)16(25)13-5-3-9-19-13/h3,5,9,19H,4,6-8,10-11H2,1-2H3,(H,20,21,24). The summed E-state index contributed by atoms with van der Waals surface area (Å²) in [6.07, 6.45) is 5.28. The number of likely N-dealkylation sites (tertiary alicyclic amines) is 1. The number of hydrogen-bond acceptors (Lipinski definition) is 4. The van der Waals surface area contributed by atoms with E-state index >= 15 is 0 Å². The lowest BCUT2D eigenvalue weighted by Crippen LogP contribution is -2.48. The zero-order chi connectivity index (χ0) is 17.6. The quantitative estimate of drug-likeness (QED) is 0.862. The van der Waals surface area contributed by atoms with Crippen LogP contribution >= 0.6 is 0 Å². The Kier molecular flexibility index (Phi) is 3.67. The van der Waals surface area contributed by atoms with Crippen molar-refractivity contribution in [2.24, 2.45) is 0 Å². The Morgan fingerprint density at radius 2 is 2.20 bits per heavy atom. The molecule has 2 aliphatic rings. The van der Waals surface area contributed by atoms with E-state index < -0.39 is 0 Å². The summed E-state index contributed by atoms with van der Waals surface area (Å²) >= 11 is 0. The Balaban J connectivity index is 1.70. The number of nitrogens with zero attached hydrogens (tertiary/aromatic N) is 3. The molecule has 0 bridgehead atoms. The lowest BCUT2D eigenvalue weighted by molar-refractivity contribution is 0.0628. The number of nitrogens with one attached hydrogen (secondary N) is 2. The fraction of sp³-hybridized carbons (Fsp3) is 0.500. The van der Waals surface area contributed by atoms with Gasteiger partial charge in [0.25, 0.3) is 11.5 Å². The van der Waals surface area contributed by atoms with Crippen LogP contribution in [-0.4, -0.2) is 52.9 Å². The molecule has 2 aromatic rings. The number of aromatic amines is 2. The molecule has 3 heterocycles. The Bertz CT molecular complexity index is 855. The lowest BCUT2D eigenvalue weighted by atomic mass is 9.77. The van der Waals surface area contributed by atoms with E-state index in [0.717, 1.165) is 43.5 Å². The topological polar surface area (TPSA) is 85.1 Å². The molecule has 1 atom stereocenters. The van der Waals surface area contributed by atoms with Crippen molar-refractivity contribution >= 4 is 11.9 Å². The summed E-state index contributed by atoms with van der Waals surface area (Å²) in [7, 11) is 3.74. The first kappa shape index (κ1) is 15.9. The molecule has 1 fully saturated rings. The van der Waals surface area contributed by atoms with Crippen molar-refractivity contribution < 1.29 is 4.79 Å². The van der Waals surface area contributed by atoms with Gasteiger partial charge in [-0.3, -0.25) is 14.6 Å². The van der Waals surface area contributed by atoms with Gasteiger partial charge in [0, 0.05) is 44.4 Å². The molecule has 0 saturated carbocycles. The molecule has 7 nitrogen and oxygen atoms in total. The highest BCUT2D eigenvalue weighted by Crippen LogP contribution is 2.43. The van der Waals surface area contributed by atoms with E-state index in [0.29, 0.717) is 18.2 Å². The van der Waals surface area contributed by atoms with Crippen LogP contribution in [0.3, 0.4) is 0 Å². The summed E-state index contributed by atoms with van der Waals surface area (Å²) in [5, 5.41) is 0. The lowest BCUT2D eigenvalue weighted by Gasteiger charge is -2.40. The Labute approximate surface area is 146 Å². The summed E-state index contributed by atoms with van der Waals surface area (Å²) in [5.74, 6) is 0.605. The number of fused-ring (bicyclic) bond motifs is 2. The third-order valence-electron chi connectivity index (χ3n) is 5.47. The molecule has 1 unspecified atom stereocenters. The Hall–Kier alpha value is -2.57. The number of amides is 1. The third-order valence-corrected chi connectivity index (χ3v) is 5.47. The third kappa shape index (κ3) is 2.54. The van der Waals surface area contributed by atoms with E-state index in [-0.39, 0.29) is 16.9 Å². The Morgan fingerprint density at radius 1 is 1.36 bits per heavy atom. The van der Waals surface area contributed by atoms with E-state index in [1.54, 1.807) is 12.3 Å². The monoisotopic (exact) mass is 341 g/mol. The van der Waals surface area contributed by atoms with Gasteiger partial charge in [0.15, 0.2) is 0 Å². The number of rotatable bonds is 2. The van der Waals surface area contributed by atoms with Gasteiger partial charge in [-0.1, -0.05) is 0 Å². The van der Waals surface area contributed by atoms with Gasteiger partial charge in [0.1, 0.15) is 5.69 Å². The molecular formula is C18H23N5O2. The number of aromatic nitrogens is 3. The second kappa shape index (κ2) is 5.75. The maximum atomic E-state index is 12.8. The minimum absolute atomic E-state index is 0.0233. The zero-order valence-electron chi connectivity index (χ0n) is 14.6. The smallest absolute Gasteiger partial charge is 0.270 e. The number of hydrogen-bond donors (Lipinski definition) is 2. The SMILES string of the molecule is CN(C)c1nc2c(c(=O)[nH]1)CCC21CCCN(C(=O)c2ccc[nH]2)C1. The van der Waals surface area contributed by atoms with Crippen molar-refractivity contribution in [2.45, 2.75) is 31.1 Å². The summed E-state index contributed by atoms with van der Waals surface area (Å²) in [6, 6.07) is 3.64. The van der Waals surface area contributed by atoms with E-state index in [9.17, 15) is 9.59 Å². The van der Waals surface area contributed by atoms with E-state index in [1.165, 1.54) is 0 Å². The molecule has 2 N–H and O–H groups in total. The predicted octanol–water partition coefficient (Wildman–Crippen LogP) is 1.28. The molecule has 0 aromatic carbocycles. The first-order valence-electron chi connectivity index (χ1n) is 8.74. The molecule has 1 aliphatic heterocycles. The zero-order valence-corrected chi connectivity index (χ0v) is 14.6. The van der Waals surface area contributed by atoms with Gasteiger partial charge in [-0.2, -0.15) is 0 Å².